The van der Waals surface area contributed by atoms with Gasteiger partial charge < -0.3 is 20.9 Å². The van der Waals surface area contributed by atoms with E-state index in [4.69, 9.17) is 44.1 Å². The average Bonchev–Trinajstić information content (AvgIpc) is 2.80. The van der Waals surface area contributed by atoms with Crippen molar-refractivity contribution in [1.82, 2.24) is 9.97 Å². The van der Waals surface area contributed by atoms with Crippen LogP contribution in [0, 0.1) is 0 Å². The van der Waals surface area contributed by atoms with Gasteiger partial charge in [0.05, 0.1) is 0 Å². The highest BCUT2D eigenvalue weighted by atomic mass is 35.5. The molecule has 2 heterocycles. The first kappa shape index (κ1) is 23.2. The second-order valence-corrected chi connectivity index (χ2v) is 7.35. The Kier molecular flexibility index (Phi) is 8.54. The van der Waals surface area contributed by atoms with Crippen molar-refractivity contribution in [2.75, 3.05) is 11.5 Å². The van der Waals surface area contributed by atoms with Gasteiger partial charge in [0.25, 0.3) is 0 Å². The molecule has 4 aromatic rings. The van der Waals surface area contributed by atoms with Crippen LogP contribution in [0.5, 0.6) is 11.5 Å². The monoisotopic (exact) mass is 468 g/mol. The molecule has 0 atom stereocenters. The van der Waals surface area contributed by atoms with Crippen LogP contribution in [-0.2, 0) is 13.2 Å². The molecule has 32 heavy (non-hydrogen) atoms. The fourth-order valence-electron chi connectivity index (χ4n) is 2.61. The maximum Gasteiger partial charge on any atom is 0.166 e. The number of nitrogens with zero attached hydrogens (tertiary/aromatic N) is 2. The standard InChI is InChI=1S/C12H10Cl2N2O.C12H12N2O/c13-9-3-1-4-10(14)8(9)7-17-11-5-2-6-16-12(11)15;13-12-11(7-4-8-14-12)15-9-10-5-2-1-3-6-10/h1-6H,7H2,(H2,15,16);1-8H,9H2,(H2,13,14). The molecule has 0 bridgehead atoms. The molecule has 0 aliphatic carbocycles. The number of pyridine rings is 2. The molecule has 0 radical (unpaired) electrons. The number of aromatic nitrogens is 2. The smallest absolute Gasteiger partial charge is 0.166 e. The highest BCUT2D eigenvalue weighted by Crippen LogP contribution is 2.27. The lowest BCUT2D eigenvalue weighted by molar-refractivity contribution is 0.307. The van der Waals surface area contributed by atoms with Gasteiger partial charge in [-0.2, -0.15) is 0 Å². The summed E-state index contributed by atoms with van der Waals surface area (Å²) in [7, 11) is 0. The maximum absolute atomic E-state index is 6.02. The first-order valence-electron chi connectivity index (χ1n) is 9.68. The zero-order valence-corrected chi connectivity index (χ0v) is 18.6. The van der Waals surface area contributed by atoms with E-state index in [1.807, 2.05) is 36.4 Å². The molecular formula is C24H22Cl2N4O2. The van der Waals surface area contributed by atoms with Gasteiger partial charge in [-0.1, -0.05) is 59.6 Å². The van der Waals surface area contributed by atoms with Crippen LogP contribution in [0.15, 0.2) is 85.2 Å². The van der Waals surface area contributed by atoms with Crippen molar-refractivity contribution in [2.24, 2.45) is 0 Å². The zero-order chi connectivity index (χ0) is 22.8. The van der Waals surface area contributed by atoms with E-state index in [1.165, 1.54) is 0 Å². The molecule has 164 valence electrons. The second kappa shape index (κ2) is 11.8. The van der Waals surface area contributed by atoms with Gasteiger partial charge in [-0.05, 0) is 42.0 Å². The third kappa shape index (κ3) is 6.77. The molecule has 2 aromatic carbocycles. The molecule has 0 saturated carbocycles. The minimum atomic E-state index is 0.258. The highest BCUT2D eigenvalue weighted by molar-refractivity contribution is 6.35. The van der Waals surface area contributed by atoms with Crippen LogP contribution in [-0.4, -0.2) is 9.97 Å². The Morgan fingerprint density at radius 1 is 0.625 bits per heavy atom. The lowest BCUT2D eigenvalue weighted by Gasteiger charge is -2.10. The topological polar surface area (TPSA) is 96.3 Å². The lowest BCUT2D eigenvalue weighted by Crippen LogP contribution is -2.01. The zero-order valence-electron chi connectivity index (χ0n) is 17.1. The van der Waals surface area contributed by atoms with Crippen LogP contribution in [0.4, 0.5) is 11.6 Å². The fraction of sp³-hybridized carbons (Fsp3) is 0.0833. The molecule has 0 unspecified atom stereocenters. The van der Waals surface area contributed by atoms with Crippen LogP contribution in [0.25, 0.3) is 0 Å². The van der Waals surface area contributed by atoms with Gasteiger partial charge in [-0.25, -0.2) is 9.97 Å². The maximum atomic E-state index is 6.02. The largest absolute Gasteiger partial charge is 0.485 e. The van der Waals surface area contributed by atoms with Crippen LogP contribution >= 0.6 is 23.2 Å². The first-order chi connectivity index (χ1) is 15.5. The van der Waals surface area contributed by atoms with Crippen LogP contribution in [0.2, 0.25) is 10.0 Å². The summed E-state index contributed by atoms with van der Waals surface area (Å²) in [5.74, 6) is 1.91. The second-order valence-electron chi connectivity index (χ2n) is 6.54. The molecule has 6 nitrogen and oxygen atoms in total. The molecule has 8 heteroatoms. The van der Waals surface area contributed by atoms with E-state index in [2.05, 4.69) is 9.97 Å². The van der Waals surface area contributed by atoms with Gasteiger partial charge in [0, 0.05) is 28.0 Å². The number of nitrogens with two attached hydrogens (primary N) is 2. The third-order valence-corrected chi connectivity index (χ3v) is 4.98. The number of benzene rings is 2. The Hall–Kier alpha value is -3.48. The minimum Gasteiger partial charge on any atom is -0.485 e. The SMILES string of the molecule is Nc1ncccc1OCc1c(Cl)cccc1Cl.Nc1ncccc1OCc1ccccc1. The van der Waals surface area contributed by atoms with E-state index in [1.54, 1.807) is 48.8 Å². The molecule has 2 aromatic heterocycles. The van der Waals surface area contributed by atoms with Gasteiger partial charge in [0.2, 0.25) is 0 Å². The number of hydrogen-bond acceptors (Lipinski definition) is 6. The van der Waals surface area contributed by atoms with E-state index in [0.717, 1.165) is 11.1 Å². The van der Waals surface area contributed by atoms with Crippen LogP contribution in [0.3, 0.4) is 0 Å². The molecule has 0 aliphatic rings. The van der Waals surface area contributed by atoms with E-state index in [-0.39, 0.29) is 6.61 Å². The highest BCUT2D eigenvalue weighted by Gasteiger charge is 2.07. The predicted octanol–water partition coefficient (Wildman–Crippen LogP) is 5.79. The quantitative estimate of drug-likeness (QED) is 0.371. The number of halogens is 2. The van der Waals surface area contributed by atoms with Crippen molar-refractivity contribution in [3.05, 3.63) is 106 Å². The van der Waals surface area contributed by atoms with Crippen molar-refractivity contribution >= 4 is 34.8 Å². The molecule has 0 saturated heterocycles. The Morgan fingerprint density at radius 2 is 1.16 bits per heavy atom. The lowest BCUT2D eigenvalue weighted by atomic mass is 10.2. The summed E-state index contributed by atoms with van der Waals surface area (Å²) in [5.41, 5.74) is 13.2. The van der Waals surface area contributed by atoms with Gasteiger partial charge in [0.1, 0.15) is 13.2 Å². The molecule has 0 amide bonds. The van der Waals surface area contributed by atoms with E-state index in [9.17, 15) is 0 Å². The van der Waals surface area contributed by atoms with Crippen molar-refractivity contribution in [2.45, 2.75) is 13.2 Å². The summed E-state index contributed by atoms with van der Waals surface area (Å²) in [4.78, 5) is 7.87. The van der Waals surface area contributed by atoms with E-state index >= 15 is 0 Å². The van der Waals surface area contributed by atoms with Crippen molar-refractivity contribution in [1.29, 1.82) is 0 Å². The van der Waals surface area contributed by atoms with Gasteiger partial charge in [0.15, 0.2) is 23.1 Å². The van der Waals surface area contributed by atoms with Gasteiger partial charge >= 0.3 is 0 Å². The molecule has 0 spiro atoms. The number of anilines is 2. The van der Waals surface area contributed by atoms with E-state index in [0.29, 0.717) is 39.8 Å². The number of hydrogen-bond donors (Lipinski definition) is 2. The molecule has 0 aliphatic heterocycles. The van der Waals surface area contributed by atoms with Crippen LogP contribution in [0.1, 0.15) is 11.1 Å². The summed E-state index contributed by atoms with van der Waals surface area (Å²) in [6.07, 6.45) is 3.25. The average molecular weight is 469 g/mol. The number of ether oxygens (including phenoxy) is 2. The third-order valence-electron chi connectivity index (χ3n) is 4.27. The van der Waals surface area contributed by atoms with Gasteiger partial charge in [-0.3, -0.25) is 0 Å². The Balaban J connectivity index is 0.000000182. The summed E-state index contributed by atoms with van der Waals surface area (Å²) >= 11 is 12.0. The number of nitrogen functional groups attached to an aromatic ring is 2. The van der Waals surface area contributed by atoms with Crippen molar-refractivity contribution in [3.8, 4) is 11.5 Å². The van der Waals surface area contributed by atoms with E-state index < -0.39 is 0 Å². The Bertz CT molecular complexity index is 1120. The molecule has 4 rings (SSSR count). The fourth-order valence-corrected chi connectivity index (χ4v) is 3.11. The molecular weight excluding hydrogens is 447 g/mol. The molecule has 0 fully saturated rings. The summed E-state index contributed by atoms with van der Waals surface area (Å²) in [5, 5.41) is 1.14. The minimum absolute atomic E-state index is 0.258. The summed E-state index contributed by atoms with van der Waals surface area (Å²) in [6, 6.07) is 22.4. The summed E-state index contributed by atoms with van der Waals surface area (Å²) in [6.45, 7) is 0.769. The van der Waals surface area contributed by atoms with Gasteiger partial charge in [-0.15, -0.1) is 0 Å². The molecule has 4 N–H and O–H groups in total. The van der Waals surface area contributed by atoms with Crippen molar-refractivity contribution in [3.63, 3.8) is 0 Å². The van der Waals surface area contributed by atoms with Crippen molar-refractivity contribution < 1.29 is 9.47 Å². The summed E-state index contributed by atoms with van der Waals surface area (Å²) < 4.78 is 11.1. The first-order valence-corrected chi connectivity index (χ1v) is 10.4. The Labute approximate surface area is 196 Å². The van der Waals surface area contributed by atoms with Crippen LogP contribution < -0.4 is 20.9 Å². The normalized spacial score (nSPS) is 10.1. The number of rotatable bonds is 6. The predicted molar refractivity (Wildman–Crippen MR) is 129 cm³/mol. The Morgan fingerprint density at radius 3 is 1.69 bits per heavy atom.